The second kappa shape index (κ2) is 9.55. The van der Waals surface area contributed by atoms with Crippen molar-refractivity contribution in [1.29, 1.82) is 5.26 Å². The number of hydrogen-bond donors (Lipinski definition) is 2. The average molecular weight is 481 g/mol. The minimum Gasteiger partial charge on any atom is -0.349 e. The number of piperazine rings is 1. The van der Waals surface area contributed by atoms with E-state index in [4.69, 9.17) is 5.73 Å². The normalized spacial score (nSPS) is 23.5. The van der Waals surface area contributed by atoms with Crippen molar-refractivity contribution < 1.29 is 4.79 Å². The van der Waals surface area contributed by atoms with Crippen LogP contribution in [0.1, 0.15) is 59.1 Å². The first-order valence-corrected chi connectivity index (χ1v) is 12.5. The molecule has 1 amide bonds. The van der Waals surface area contributed by atoms with Crippen molar-refractivity contribution >= 4 is 22.8 Å². The fraction of sp³-hybridized carbons (Fsp3) is 0.640. The summed E-state index contributed by atoms with van der Waals surface area (Å²) in [4.78, 5) is 39.4. The lowest BCUT2D eigenvalue weighted by atomic mass is 9.92. The van der Waals surface area contributed by atoms with E-state index in [-0.39, 0.29) is 41.3 Å². The fourth-order valence-electron chi connectivity index (χ4n) is 5.07. The van der Waals surface area contributed by atoms with Crippen LogP contribution in [0.15, 0.2) is 16.9 Å². The van der Waals surface area contributed by atoms with Crippen LogP contribution in [0.4, 0.5) is 5.82 Å². The number of aryl methyl sites for hydroxylation is 1. The average Bonchev–Trinajstić information content (AvgIpc) is 3.57. The lowest BCUT2D eigenvalue weighted by Crippen LogP contribution is -2.65. The number of carbonyl (C=O) groups is 1. The van der Waals surface area contributed by atoms with Crippen LogP contribution in [0.3, 0.4) is 0 Å². The number of nitrogens with two attached hydrogens (primary N) is 1. The van der Waals surface area contributed by atoms with Gasteiger partial charge in [-0.15, -0.1) is 0 Å². The molecular weight excluding hydrogens is 444 g/mol. The molecule has 4 atom stereocenters. The van der Waals surface area contributed by atoms with Gasteiger partial charge in [-0.2, -0.15) is 10.2 Å². The molecule has 2 aliphatic rings. The zero-order chi connectivity index (χ0) is 25.5. The molecule has 4 rings (SSSR count). The van der Waals surface area contributed by atoms with E-state index in [0.29, 0.717) is 29.9 Å². The lowest BCUT2D eigenvalue weighted by Gasteiger charge is -2.49. The molecule has 1 aliphatic carbocycles. The molecule has 1 saturated heterocycles. The van der Waals surface area contributed by atoms with E-state index in [0.717, 1.165) is 25.7 Å². The van der Waals surface area contributed by atoms with E-state index < -0.39 is 5.66 Å². The van der Waals surface area contributed by atoms with Crippen LogP contribution < -0.4 is 21.6 Å². The third-order valence-electron chi connectivity index (χ3n) is 7.65. The van der Waals surface area contributed by atoms with Gasteiger partial charge in [-0.3, -0.25) is 14.3 Å². The molecule has 3 N–H and O–H groups in total. The molecule has 1 aliphatic heterocycles. The minimum atomic E-state index is -0.561. The van der Waals surface area contributed by atoms with E-state index >= 15 is 0 Å². The van der Waals surface area contributed by atoms with Crippen molar-refractivity contribution in [2.75, 3.05) is 18.0 Å². The summed E-state index contributed by atoms with van der Waals surface area (Å²) >= 11 is 0. The SMILES string of the molecule is CCC(C)C(C(=O)NC1(N)CC1)N1C[C@H](C)N(c2nc(=O)n(C)c3ccc(C#N)nc23)C[C@H]1CC. The molecule has 2 unspecified atom stereocenters. The predicted molar refractivity (Wildman–Crippen MR) is 135 cm³/mol. The Balaban J connectivity index is 1.70. The molecule has 0 aromatic carbocycles. The Morgan fingerprint density at radius 3 is 2.63 bits per heavy atom. The molecule has 0 spiro atoms. The molecule has 188 valence electrons. The Bertz CT molecular complexity index is 1210. The van der Waals surface area contributed by atoms with Crippen LogP contribution >= 0.6 is 0 Å². The molecule has 35 heavy (non-hydrogen) atoms. The van der Waals surface area contributed by atoms with Gasteiger partial charge in [-0.1, -0.05) is 27.2 Å². The lowest BCUT2D eigenvalue weighted by molar-refractivity contribution is -0.131. The summed E-state index contributed by atoms with van der Waals surface area (Å²) in [6, 6.07) is 5.20. The Morgan fingerprint density at radius 1 is 1.31 bits per heavy atom. The summed E-state index contributed by atoms with van der Waals surface area (Å²) in [5.74, 6) is 0.651. The largest absolute Gasteiger partial charge is 0.349 e. The minimum absolute atomic E-state index is 0.00377. The summed E-state index contributed by atoms with van der Waals surface area (Å²) in [6.45, 7) is 9.65. The zero-order valence-corrected chi connectivity index (χ0v) is 21.3. The highest BCUT2D eigenvalue weighted by Crippen LogP contribution is 2.33. The van der Waals surface area contributed by atoms with Gasteiger partial charge >= 0.3 is 5.69 Å². The van der Waals surface area contributed by atoms with Crippen molar-refractivity contribution in [1.82, 2.24) is 24.8 Å². The number of hydrogen-bond acceptors (Lipinski definition) is 8. The van der Waals surface area contributed by atoms with Gasteiger partial charge in [0.2, 0.25) is 5.91 Å². The Hall–Kier alpha value is -3.03. The van der Waals surface area contributed by atoms with Gasteiger partial charge < -0.3 is 16.0 Å². The van der Waals surface area contributed by atoms with Crippen LogP contribution in [0.2, 0.25) is 0 Å². The zero-order valence-electron chi connectivity index (χ0n) is 21.3. The number of pyridine rings is 1. The maximum absolute atomic E-state index is 13.4. The van der Waals surface area contributed by atoms with Gasteiger partial charge in [-0.05, 0) is 44.2 Å². The molecule has 2 fully saturated rings. The number of anilines is 1. The van der Waals surface area contributed by atoms with Crippen LogP contribution in [0.25, 0.3) is 11.0 Å². The second-order valence-electron chi connectivity index (χ2n) is 10.2. The Morgan fingerprint density at radius 2 is 2.03 bits per heavy atom. The van der Waals surface area contributed by atoms with Crippen molar-refractivity contribution in [3.05, 3.63) is 28.3 Å². The molecular formula is C25H36N8O2. The molecule has 0 radical (unpaired) electrons. The monoisotopic (exact) mass is 480 g/mol. The third kappa shape index (κ3) is 4.75. The van der Waals surface area contributed by atoms with Crippen molar-refractivity contribution in [2.45, 2.75) is 77.2 Å². The number of nitriles is 1. The van der Waals surface area contributed by atoms with E-state index in [1.165, 1.54) is 4.57 Å². The van der Waals surface area contributed by atoms with Gasteiger partial charge in [0.15, 0.2) is 5.82 Å². The van der Waals surface area contributed by atoms with Gasteiger partial charge in [0.25, 0.3) is 0 Å². The Labute approximate surface area is 206 Å². The van der Waals surface area contributed by atoms with Gasteiger partial charge in [0, 0.05) is 32.2 Å². The molecule has 3 heterocycles. The molecule has 10 nitrogen and oxygen atoms in total. The van der Waals surface area contributed by atoms with Crippen molar-refractivity contribution in [2.24, 2.45) is 18.7 Å². The topological polar surface area (TPSA) is 133 Å². The quantitative estimate of drug-likeness (QED) is 0.569. The molecule has 0 bridgehead atoms. The highest BCUT2D eigenvalue weighted by Gasteiger charge is 2.45. The van der Waals surface area contributed by atoms with Crippen LogP contribution in [-0.4, -0.2) is 62.2 Å². The van der Waals surface area contributed by atoms with Crippen LogP contribution in [0.5, 0.6) is 0 Å². The van der Waals surface area contributed by atoms with Gasteiger partial charge in [0.1, 0.15) is 17.3 Å². The van der Waals surface area contributed by atoms with E-state index in [1.54, 1.807) is 19.2 Å². The van der Waals surface area contributed by atoms with Gasteiger partial charge in [0.05, 0.1) is 17.2 Å². The first-order valence-electron chi connectivity index (χ1n) is 12.5. The van der Waals surface area contributed by atoms with E-state index in [2.05, 4.69) is 58.8 Å². The number of carbonyl (C=O) groups excluding carboxylic acids is 1. The first-order chi connectivity index (χ1) is 16.6. The number of rotatable bonds is 7. The predicted octanol–water partition coefficient (Wildman–Crippen LogP) is 1.47. The number of nitrogens with one attached hydrogen (secondary N) is 1. The third-order valence-corrected chi connectivity index (χ3v) is 7.65. The standard InChI is InChI=1S/C25H36N8O2/c1-6-15(3)21(23(34)30-25(27)10-11-25)33-13-16(4)32(14-18(33)7-2)22-20-19(31(5)24(35)29-22)9-8-17(12-26)28-20/h8-9,15-16,18,21H,6-7,10-11,13-14,27H2,1-5H3,(H,30,34)/t15?,16-,18+,21?/m0/s1. The van der Waals surface area contributed by atoms with E-state index in [1.807, 2.05) is 0 Å². The smallest absolute Gasteiger partial charge is 0.349 e. The van der Waals surface area contributed by atoms with Crippen molar-refractivity contribution in [3.8, 4) is 6.07 Å². The molecule has 1 saturated carbocycles. The van der Waals surface area contributed by atoms with Gasteiger partial charge in [-0.25, -0.2) is 9.78 Å². The summed E-state index contributed by atoms with van der Waals surface area (Å²) < 4.78 is 1.45. The number of fused-ring (bicyclic) bond motifs is 1. The highest BCUT2D eigenvalue weighted by molar-refractivity contribution is 5.87. The summed E-state index contributed by atoms with van der Waals surface area (Å²) in [6.07, 6.45) is 3.33. The first kappa shape index (κ1) is 25.1. The van der Waals surface area contributed by atoms with Crippen molar-refractivity contribution in [3.63, 3.8) is 0 Å². The Kier molecular flexibility index (Phi) is 6.84. The second-order valence-corrected chi connectivity index (χ2v) is 10.2. The van der Waals surface area contributed by atoms with E-state index in [9.17, 15) is 14.9 Å². The summed E-state index contributed by atoms with van der Waals surface area (Å²) in [5, 5.41) is 12.5. The number of aromatic nitrogens is 3. The molecule has 2 aromatic heterocycles. The van der Waals surface area contributed by atoms with Crippen LogP contribution in [-0.2, 0) is 11.8 Å². The fourth-order valence-corrected chi connectivity index (χ4v) is 5.07. The molecule has 10 heteroatoms. The number of nitrogens with zero attached hydrogens (tertiary/aromatic N) is 6. The maximum Gasteiger partial charge on any atom is 0.349 e. The summed E-state index contributed by atoms with van der Waals surface area (Å²) in [5.41, 5.74) is 6.75. The number of amides is 1. The highest BCUT2D eigenvalue weighted by atomic mass is 16.2. The van der Waals surface area contributed by atoms with Crippen LogP contribution in [0, 0.1) is 17.2 Å². The maximum atomic E-state index is 13.4. The molecule has 2 aromatic rings. The summed E-state index contributed by atoms with van der Waals surface area (Å²) in [7, 11) is 1.66.